The summed E-state index contributed by atoms with van der Waals surface area (Å²) in [5, 5.41) is 18.5. The molecule has 4 atom stereocenters. The number of carbonyl (C=O) groups is 3. The molecule has 3 unspecified atom stereocenters. The van der Waals surface area contributed by atoms with Crippen molar-refractivity contribution in [1.29, 1.82) is 5.26 Å². The lowest BCUT2D eigenvalue weighted by Crippen LogP contribution is -2.62. The minimum absolute atomic E-state index is 0.0337. The number of hydrogen-bond acceptors (Lipinski definition) is 7. The first-order valence-corrected chi connectivity index (χ1v) is 14.8. The summed E-state index contributed by atoms with van der Waals surface area (Å²) in [6, 6.07) is 16.7. The van der Waals surface area contributed by atoms with Gasteiger partial charge in [-0.05, 0) is 68.6 Å². The Labute approximate surface area is 243 Å². The van der Waals surface area contributed by atoms with E-state index in [1.807, 2.05) is 66.4 Å². The van der Waals surface area contributed by atoms with E-state index in [0.717, 1.165) is 42.8 Å². The van der Waals surface area contributed by atoms with Gasteiger partial charge in [0, 0.05) is 36.4 Å². The molecule has 4 aliphatic rings. The van der Waals surface area contributed by atoms with Gasteiger partial charge in [0.25, 0.3) is 5.91 Å². The number of likely N-dealkylation sites (tertiary alicyclic amines) is 1. The lowest BCUT2D eigenvalue weighted by Gasteiger charge is -2.46. The van der Waals surface area contributed by atoms with Crippen LogP contribution in [0.25, 0.3) is 0 Å². The molecule has 4 heterocycles. The molecule has 3 saturated heterocycles. The van der Waals surface area contributed by atoms with Crippen LogP contribution in [0.5, 0.6) is 11.5 Å². The minimum Gasteiger partial charge on any atom is -0.457 e. The van der Waals surface area contributed by atoms with E-state index in [2.05, 4.69) is 16.0 Å². The molecule has 3 N–H and O–H groups in total. The summed E-state index contributed by atoms with van der Waals surface area (Å²) in [6.45, 7) is 3.69. The van der Waals surface area contributed by atoms with E-state index in [9.17, 15) is 14.4 Å². The van der Waals surface area contributed by atoms with E-state index < -0.39 is 0 Å². The summed E-state index contributed by atoms with van der Waals surface area (Å²) < 4.78 is 5.99. The Kier molecular flexibility index (Phi) is 7.60. The number of urea groups is 1. The van der Waals surface area contributed by atoms with Crippen LogP contribution in [-0.2, 0) is 9.59 Å². The fraction of sp³-hybridized carbons (Fsp3) is 0.400. The number of amides is 4. The molecule has 3 fully saturated rings. The zero-order valence-electron chi connectivity index (χ0n) is 22.8. The third-order valence-corrected chi connectivity index (χ3v) is 9.45. The summed E-state index contributed by atoms with van der Waals surface area (Å²) in [5.41, 5.74) is 2.42. The maximum absolute atomic E-state index is 13.6. The minimum atomic E-state index is -0.250. The molecule has 0 bridgehead atoms. The average Bonchev–Trinajstić information content (AvgIpc) is 3.34. The van der Waals surface area contributed by atoms with Crippen LogP contribution in [0.4, 0.5) is 10.5 Å². The van der Waals surface area contributed by atoms with Crippen LogP contribution in [0.3, 0.4) is 0 Å². The van der Waals surface area contributed by atoms with Crippen molar-refractivity contribution < 1.29 is 19.1 Å². The van der Waals surface area contributed by atoms with E-state index >= 15 is 0 Å². The van der Waals surface area contributed by atoms with E-state index in [1.54, 1.807) is 4.90 Å². The third kappa shape index (κ3) is 5.37. The number of rotatable bonds is 6. The molecule has 0 saturated carbocycles. The molecule has 0 aliphatic carbocycles. The number of piperidine rings is 2. The van der Waals surface area contributed by atoms with Crippen molar-refractivity contribution in [3.63, 3.8) is 0 Å². The van der Waals surface area contributed by atoms with Crippen molar-refractivity contribution >= 4 is 35.3 Å². The van der Waals surface area contributed by atoms with Crippen LogP contribution in [0.1, 0.15) is 31.2 Å². The quantitative estimate of drug-likeness (QED) is 0.483. The van der Waals surface area contributed by atoms with Crippen LogP contribution >= 0.6 is 11.8 Å². The molecule has 41 heavy (non-hydrogen) atoms. The molecule has 4 amide bonds. The molecule has 0 spiro atoms. The summed E-state index contributed by atoms with van der Waals surface area (Å²) in [5.74, 6) is 0.939. The van der Waals surface area contributed by atoms with E-state index in [4.69, 9.17) is 10.00 Å². The fourth-order valence-electron chi connectivity index (χ4n) is 6.24. The molecular formula is C30H32N6O4S. The third-order valence-electron chi connectivity index (χ3n) is 8.09. The summed E-state index contributed by atoms with van der Waals surface area (Å²) >= 11 is 1.46. The molecule has 6 rings (SSSR count). The molecule has 0 radical (unpaired) electrons. The Balaban J connectivity index is 1.20. The van der Waals surface area contributed by atoms with Gasteiger partial charge in [-0.3, -0.25) is 14.5 Å². The lowest BCUT2D eigenvalue weighted by atomic mass is 9.86. The normalized spacial score (nSPS) is 25.2. The summed E-state index contributed by atoms with van der Waals surface area (Å²) in [7, 11) is 0. The average molecular weight is 573 g/mol. The number of nitrogens with one attached hydrogen (secondary N) is 3. The maximum atomic E-state index is 13.6. The number of nitriles is 1. The zero-order valence-corrected chi connectivity index (χ0v) is 23.6. The van der Waals surface area contributed by atoms with Crippen LogP contribution in [-0.4, -0.2) is 59.8 Å². The summed E-state index contributed by atoms with van der Waals surface area (Å²) in [4.78, 5) is 43.4. The van der Waals surface area contributed by atoms with E-state index in [1.165, 1.54) is 11.8 Å². The van der Waals surface area contributed by atoms with Gasteiger partial charge in [0.15, 0.2) is 0 Å². The second-order valence-corrected chi connectivity index (χ2v) is 11.9. The first kappa shape index (κ1) is 27.2. The maximum Gasteiger partial charge on any atom is 0.326 e. The number of ether oxygens (including phenoxy) is 1. The highest BCUT2D eigenvalue weighted by molar-refractivity contribution is 8.04. The molecule has 2 aromatic carbocycles. The number of para-hydroxylation sites is 1. The van der Waals surface area contributed by atoms with E-state index in [-0.39, 0.29) is 47.6 Å². The standard InChI is InChI=1S/C30H32N6O4S/c1-18-16-21(40-20-7-3-2-4-8-20)9-10-22(18)36-23-12-14-32-29-25(23)26(34-30(36)39)27(41-29)28(38)33-19-6-5-15-35(17-19)24(37)11-13-31/h2-4,7-10,16,19,23,25,29,32H,5-6,11-12,14-15,17H2,1H3,(H,33,38)(H,34,39)/t19-,23?,25?,29?/m1/s1. The van der Waals surface area contributed by atoms with Crippen LogP contribution in [0.15, 0.2) is 59.1 Å². The summed E-state index contributed by atoms with van der Waals surface area (Å²) in [6.07, 6.45) is 2.11. The number of nitrogens with zero attached hydrogens (tertiary/aromatic N) is 3. The second kappa shape index (κ2) is 11.5. The Hall–Kier alpha value is -4.01. The van der Waals surface area contributed by atoms with E-state index in [0.29, 0.717) is 29.4 Å². The highest BCUT2D eigenvalue weighted by Crippen LogP contribution is 2.48. The van der Waals surface area contributed by atoms with Crippen molar-refractivity contribution in [2.45, 2.75) is 50.1 Å². The van der Waals surface area contributed by atoms with Crippen molar-refractivity contribution in [2.75, 3.05) is 24.5 Å². The Morgan fingerprint density at radius 3 is 2.78 bits per heavy atom. The van der Waals surface area contributed by atoms with Gasteiger partial charge in [-0.25, -0.2) is 4.79 Å². The van der Waals surface area contributed by atoms with Gasteiger partial charge in [-0.2, -0.15) is 5.26 Å². The smallest absolute Gasteiger partial charge is 0.326 e. The van der Waals surface area contributed by atoms with Crippen LogP contribution in [0, 0.1) is 24.2 Å². The topological polar surface area (TPSA) is 127 Å². The fourth-order valence-corrected chi connectivity index (χ4v) is 7.64. The number of hydrogen-bond donors (Lipinski definition) is 3. The highest BCUT2D eigenvalue weighted by atomic mass is 32.2. The second-order valence-electron chi connectivity index (χ2n) is 10.8. The number of benzene rings is 2. The molecular weight excluding hydrogens is 540 g/mol. The van der Waals surface area contributed by atoms with Gasteiger partial charge >= 0.3 is 6.03 Å². The van der Waals surface area contributed by atoms with Crippen molar-refractivity contribution in [2.24, 2.45) is 5.92 Å². The Morgan fingerprint density at radius 2 is 2.00 bits per heavy atom. The zero-order chi connectivity index (χ0) is 28.5. The molecule has 212 valence electrons. The van der Waals surface area contributed by atoms with Crippen molar-refractivity contribution in [3.05, 3.63) is 64.7 Å². The van der Waals surface area contributed by atoms with Gasteiger partial charge in [0.2, 0.25) is 5.91 Å². The Morgan fingerprint density at radius 1 is 1.17 bits per heavy atom. The van der Waals surface area contributed by atoms with Crippen molar-refractivity contribution in [3.8, 4) is 17.6 Å². The SMILES string of the molecule is Cc1cc(Oc2ccccc2)ccc1N1C(=O)NC2=C(C(=O)N[C@@H]3CCCN(C(=O)CC#N)C3)SC3NCCC1C23. The first-order chi connectivity index (χ1) is 19.9. The number of carbonyl (C=O) groups excluding carboxylic acids is 3. The van der Waals surface area contributed by atoms with Gasteiger partial charge in [-0.15, -0.1) is 0 Å². The van der Waals surface area contributed by atoms with Gasteiger partial charge in [-0.1, -0.05) is 30.0 Å². The number of anilines is 1. The Bertz CT molecular complexity index is 1440. The molecule has 10 nitrogen and oxygen atoms in total. The molecule has 4 aliphatic heterocycles. The largest absolute Gasteiger partial charge is 0.457 e. The van der Waals surface area contributed by atoms with Gasteiger partial charge < -0.3 is 25.6 Å². The monoisotopic (exact) mass is 572 g/mol. The molecule has 2 aromatic rings. The molecule has 0 aromatic heterocycles. The lowest BCUT2D eigenvalue weighted by molar-refractivity contribution is -0.132. The predicted molar refractivity (Wildman–Crippen MR) is 155 cm³/mol. The van der Waals surface area contributed by atoms with Crippen LogP contribution < -0.4 is 25.6 Å². The number of thioether (sulfide) groups is 1. The van der Waals surface area contributed by atoms with Gasteiger partial charge in [0.1, 0.15) is 17.9 Å². The highest BCUT2D eigenvalue weighted by Gasteiger charge is 2.52. The predicted octanol–water partition coefficient (Wildman–Crippen LogP) is 3.60. The first-order valence-electron chi connectivity index (χ1n) is 14.0. The van der Waals surface area contributed by atoms with Gasteiger partial charge in [0.05, 0.1) is 22.4 Å². The molecule has 11 heteroatoms. The number of aryl methyl sites for hydroxylation is 1. The van der Waals surface area contributed by atoms with Crippen molar-refractivity contribution in [1.82, 2.24) is 20.9 Å². The van der Waals surface area contributed by atoms with Crippen LogP contribution in [0.2, 0.25) is 0 Å².